The maximum Gasteiger partial charge on any atom is 0.251 e. The van der Waals surface area contributed by atoms with E-state index in [1.807, 2.05) is 32.9 Å². The molecule has 2 rings (SSSR count). The molecule has 2 N–H and O–H groups in total. The first-order valence-electron chi connectivity index (χ1n) is 7.84. The van der Waals surface area contributed by atoms with E-state index in [0.717, 1.165) is 4.90 Å². The van der Waals surface area contributed by atoms with Crippen LogP contribution < -0.4 is 10.6 Å². The van der Waals surface area contributed by atoms with Crippen LogP contribution in [-0.2, 0) is 4.79 Å². The number of carbonyl (C=O) groups is 2. The molecule has 2 amide bonds. The second-order valence-corrected chi connectivity index (χ2v) is 8.06. The van der Waals surface area contributed by atoms with Crippen LogP contribution in [0.15, 0.2) is 53.4 Å². The summed E-state index contributed by atoms with van der Waals surface area (Å²) in [5.74, 6) is 0.0592. The molecule has 0 fully saturated rings. The monoisotopic (exact) mass is 376 g/mol. The highest BCUT2D eigenvalue weighted by molar-refractivity contribution is 8.00. The number of nitrogens with one attached hydrogen (secondary N) is 2. The van der Waals surface area contributed by atoms with Crippen LogP contribution in [0.4, 0.5) is 5.69 Å². The zero-order chi connectivity index (χ0) is 18.4. The molecule has 0 saturated carbocycles. The Bertz CT molecular complexity index is 738. The van der Waals surface area contributed by atoms with E-state index in [-0.39, 0.29) is 17.4 Å². The molecule has 0 atom stereocenters. The number of benzene rings is 2. The molecule has 0 bridgehead atoms. The maximum atomic E-state index is 12.1. The van der Waals surface area contributed by atoms with E-state index >= 15 is 0 Å². The molecule has 132 valence electrons. The van der Waals surface area contributed by atoms with Gasteiger partial charge in [0.2, 0.25) is 5.91 Å². The minimum absolute atomic E-state index is 0.105. The second kappa shape index (κ2) is 8.41. The normalized spacial score (nSPS) is 11.0. The number of thioether (sulfide) groups is 1. The van der Waals surface area contributed by atoms with Crippen LogP contribution in [-0.4, -0.2) is 23.1 Å². The van der Waals surface area contributed by atoms with Crippen LogP contribution in [0.2, 0.25) is 5.02 Å². The van der Waals surface area contributed by atoms with Gasteiger partial charge in [0.05, 0.1) is 5.75 Å². The molecule has 0 aromatic heterocycles. The molecule has 0 saturated heterocycles. The quantitative estimate of drug-likeness (QED) is 0.750. The third-order valence-electron chi connectivity index (χ3n) is 3.10. The van der Waals surface area contributed by atoms with Gasteiger partial charge in [0.1, 0.15) is 0 Å². The van der Waals surface area contributed by atoms with Gasteiger partial charge in [-0.2, -0.15) is 0 Å². The Hall–Kier alpha value is -1.98. The van der Waals surface area contributed by atoms with Gasteiger partial charge in [-0.15, -0.1) is 11.8 Å². The lowest BCUT2D eigenvalue weighted by Crippen LogP contribution is -2.40. The van der Waals surface area contributed by atoms with Crippen LogP contribution in [0.3, 0.4) is 0 Å². The van der Waals surface area contributed by atoms with Gasteiger partial charge in [-0.1, -0.05) is 11.6 Å². The van der Waals surface area contributed by atoms with Crippen molar-refractivity contribution in [3.05, 3.63) is 59.1 Å². The smallest absolute Gasteiger partial charge is 0.251 e. The summed E-state index contributed by atoms with van der Waals surface area (Å²) in [5.41, 5.74) is 0.931. The molecule has 0 radical (unpaired) electrons. The van der Waals surface area contributed by atoms with Crippen molar-refractivity contribution in [2.45, 2.75) is 31.2 Å². The molecule has 2 aromatic carbocycles. The van der Waals surface area contributed by atoms with Crippen molar-refractivity contribution >= 4 is 40.9 Å². The van der Waals surface area contributed by atoms with Gasteiger partial charge in [-0.25, -0.2) is 0 Å². The van der Waals surface area contributed by atoms with Gasteiger partial charge in [-0.05, 0) is 69.3 Å². The Balaban J connectivity index is 1.86. The van der Waals surface area contributed by atoms with E-state index in [2.05, 4.69) is 10.6 Å². The Morgan fingerprint density at radius 3 is 2.16 bits per heavy atom. The molecular weight excluding hydrogens is 356 g/mol. The van der Waals surface area contributed by atoms with Crippen LogP contribution >= 0.6 is 23.4 Å². The standard InChI is InChI=1S/C19H21ClN2O2S/c1-19(2,3)22-18(24)13-4-8-15(9-5-13)21-17(23)12-25-16-10-6-14(20)7-11-16/h4-11H,12H2,1-3H3,(H,21,23)(H,22,24). The highest BCUT2D eigenvalue weighted by Gasteiger charge is 2.15. The topological polar surface area (TPSA) is 58.2 Å². The zero-order valence-electron chi connectivity index (χ0n) is 14.4. The first kappa shape index (κ1) is 19.3. The van der Waals surface area contributed by atoms with Crippen molar-refractivity contribution in [3.63, 3.8) is 0 Å². The summed E-state index contributed by atoms with van der Waals surface area (Å²) in [6.45, 7) is 5.79. The molecule has 0 unspecified atom stereocenters. The van der Waals surface area contributed by atoms with E-state index < -0.39 is 0 Å². The summed E-state index contributed by atoms with van der Waals surface area (Å²) < 4.78 is 0. The van der Waals surface area contributed by atoms with Crippen LogP contribution in [0.1, 0.15) is 31.1 Å². The van der Waals surface area contributed by atoms with Gasteiger partial charge < -0.3 is 10.6 Å². The summed E-state index contributed by atoms with van der Waals surface area (Å²) in [4.78, 5) is 25.1. The van der Waals surface area contributed by atoms with Crippen LogP contribution in [0.25, 0.3) is 0 Å². The largest absolute Gasteiger partial charge is 0.347 e. The average Bonchev–Trinajstić information content (AvgIpc) is 2.53. The number of anilines is 1. The van der Waals surface area contributed by atoms with E-state index in [9.17, 15) is 9.59 Å². The molecular formula is C19H21ClN2O2S. The predicted octanol–water partition coefficient (Wildman–Crippen LogP) is 4.60. The zero-order valence-corrected chi connectivity index (χ0v) is 16.0. The minimum atomic E-state index is -0.289. The van der Waals surface area contributed by atoms with Gasteiger partial charge in [0, 0.05) is 26.7 Å². The minimum Gasteiger partial charge on any atom is -0.347 e. The van der Waals surface area contributed by atoms with E-state index in [1.54, 1.807) is 36.4 Å². The Labute approximate surface area is 157 Å². The molecule has 25 heavy (non-hydrogen) atoms. The molecule has 0 spiro atoms. The molecule has 2 aromatic rings. The lowest BCUT2D eigenvalue weighted by molar-refractivity contribution is -0.113. The molecule has 0 aliphatic rings. The molecule has 4 nitrogen and oxygen atoms in total. The van der Waals surface area contributed by atoms with Gasteiger partial charge in [0.15, 0.2) is 0 Å². The number of halogens is 1. The van der Waals surface area contributed by atoms with E-state index in [0.29, 0.717) is 22.0 Å². The highest BCUT2D eigenvalue weighted by atomic mass is 35.5. The summed E-state index contributed by atoms with van der Waals surface area (Å²) >= 11 is 7.27. The van der Waals surface area contributed by atoms with Crippen LogP contribution in [0.5, 0.6) is 0 Å². The Kier molecular flexibility index (Phi) is 6.51. The summed E-state index contributed by atoms with van der Waals surface area (Å²) in [7, 11) is 0. The van der Waals surface area contributed by atoms with Crippen molar-refractivity contribution in [1.82, 2.24) is 5.32 Å². The molecule has 0 aliphatic heterocycles. The van der Waals surface area contributed by atoms with E-state index in [1.165, 1.54) is 11.8 Å². The van der Waals surface area contributed by atoms with Crippen molar-refractivity contribution in [3.8, 4) is 0 Å². The van der Waals surface area contributed by atoms with Gasteiger partial charge in [-0.3, -0.25) is 9.59 Å². The average molecular weight is 377 g/mol. The van der Waals surface area contributed by atoms with Crippen molar-refractivity contribution in [1.29, 1.82) is 0 Å². The lowest BCUT2D eigenvalue weighted by Gasteiger charge is -2.20. The number of hydrogen-bond donors (Lipinski definition) is 2. The number of rotatable bonds is 5. The number of hydrogen-bond acceptors (Lipinski definition) is 3. The highest BCUT2D eigenvalue weighted by Crippen LogP contribution is 2.20. The third-order valence-corrected chi connectivity index (χ3v) is 4.37. The fourth-order valence-electron chi connectivity index (χ4n) is 1.99. The Morgan fingerprint density at radius 2 is 1.60 bits per heavy atom. The fraction of sp³-hybridized carbons (Fsp3) is 0.263. The second-order valence-electron chi connectivity index (χ2n) is 6.57. The van der Waals surface area contributed by atoms with Crippen molar-refractivity contribution in [2.75, 3.05) is 11.1 Å². The number of carbonyl (C=O) groups excluding carboxylic acids is 2. The first-order valence-corrected chi connectivity index (χ1v) is 9.20. The maximum absolute atomic E-state index is 12.1. The van der Waals surface area contributed by atoms with Gasteiger partial charge >= 0.3 is 0 Å². The Morgan fingerprint density at radius 1 is 1.00 bits per heavy atom. The summed E-state index contributed by atoms with van der Waals surface area (Å²) in [6, 6.07) is 14.2. The number of amides is 2. The van der Waals surface area contributed by atoms with Gasteiger partial charge in [0.25, 0.3) is 5.91 Å². The fourth-order valence-corrected chi connectivity index (χ4v) is 2.82. The molecule has 0 aliphatic carbocycles. The van der Waals surface area contributed by atoms with E-state index in [4.69, 9.17) is 11.6 Å². The van der Waals surface area contributed by atoms with Crippen molar-refractivity contribution < 1.29 is 9.59 Å². The molecule has 6 heteroatoms. The third kappa shape index (κ3) is 6.80. The summed E-state index contributed by atoms with van der Waals surface area (Å²) in [6.07, 6.45) is 0. The first-order chi connectivity index (χ1) is 11.7. The van der Waals surface area contributed by atoms with Crippen LogP contribution in [0, 0.1) is 0 Å². The summed E-state index contributed by atoms with van der Waals surface area (Å²) in [5, 5.41) is 6.39. The van der Waals surface area contributed by atoms with Crippen molar-refractivity contribution in [2.24, 2.45) is 0 Å². The SMILES string of the molecule is CC(C)(C)NC(=O)c1ccc(NC(=O)CSc2ccc(Cl)cc2)cc1. The predicted molar refractivity (Wildman–Crippen MR) is 104 cm³/mol. The molecule has 0 heterocycles. The lowest BCUT2D eigenvalue weighted by atomic mass is 10.1.